The minimum Gasteiger partial charge on any atom is -0.375 e. The SMILES string of the molecule is CCN(C)c1ccc(-c2ccc(-c3ccc(-c4ccc(-c5ccc(N(CC)CC)cc5)cc4)c4nsnc34)cc2)cc1. The average molecular weight is 569 g/mol. The second-order valence-corrected chi connectivity index (χ2v) is 11.1. The van der Waals surface area contributed by atoms with Crippen molar-refractivity contribution >= 4 is 34.1 Å². The van der Waals surface area contributed by atoms with Gasteiger partial charge < -0.3 is 9.80 Å². The van der Waals surface area contributed by atoms with Crippen LogP contribution in [0, 0.1) is 0 Å². The third-order valence-electron chi connectivity index (χ3n) is 8.25. The van der Waals surface area contributed by atoms with Gasteiger partial charge in [-0.2, -0.15) is 8.75 Å². The van der Waals surface area contributed by atoms with E-state index >= 15 is 0 Å². The molecule has 0 N–H and O–H groups in total. The number of anilines is 2. The van der Waals surface area contributed by atoms with Crippen molar-refractivity contribution in [3.63, 3.8) is 0 Å². The summed E-state index contributed by atoms with van der Waals surface area (Å²) in [5, 5.41) is 0. The normalized spacial score (nSPS) is 11.1. The number of aromatic nitrogens is 2. The molecule has 5 aromatic carbocycles. The molecule has 6 rings (SSSR count). The fraction of sp³-hybridized carbons (Fsp3) is 0.189. The van der Waals surface area contributed by atoms with Gasteiger partial charge in [0, 0.05) is 49.2 Å². The van der Waals surface area contributed by atoms with Gasteiger partial charge in [0.15, 0.2) is 0 Å². The highest BCUT2D eigenvalue weighted by molar-refractivity contribution is 7.00. The maximum absolute atomic E-state index is 4.72. The Labute approximate surface area is 253 Å². The van der Waals surface area contributed by atoms with Gasteiger partial charge in [-0.15, -0.1) is 0 Å². The van der Waals surface area contributed by atoms with E-state index in [4.69, 9.17) is 8.75 Å². The van der Waals surface area contributed by atoms with E-state index in [1.165, 1.54) is 45.4 Å². The maximum atomic E-state index is 4.72. The molecule has 0 unspecified atom stereocenters. The van der Waals surface area contributed by atoms with Crippen LogP contribution < -0.4 is 9.80 Å². The van der Waals surface area contributed by atoms with Crippen molar-refractivity contribution in [1.82, 2.24) is 8.75 Å². The van der Waals surface area contributed by atoms with Gasteiger partial charge in [-0.1, -0.05) is 84.9 Å². The average Bonchev–Trinajstić information content (AvgIpc) is 3.56. The van der Waals surface area contributed by atoms with E-state index in [9.17, 15) is 0 Å². The number of benzene rings is 5. The van der Waals surface area contributed by atoms with Crippen LogP contribution in [0.3, 0.4) is 0 Å². The molecule has 0 atom stereocenters. The minimum atomic E-state index is 0.952. The first-order valence-corrected chi connectivity index (χ1v) is 15.5. The lowest BCUT2D eigenvalue weighted by atomic mass is 9.95. The first kappa shape index (κ1) is 27.7. The van der Waals surface area contributed by atoms with Gasteiger partial charge >= 0.3 is 0 Å². The highest BCUT2D eigenvalue weighted by Crippen LogP contribution is 2.36. The van der Waals surface area contributed by atoms with Gasteiger partial charge in [0.2, 0.25) is 0 Å². The fourth-order valence-electron chi connectivity index (χ4n) is 5.56. The van der Waals surface area contributed by atoms with Crippen LogP contribution in [-0.2, 0) is 0 Å². The summed E-state index contributed by atoms with van der Waals surface area (Å²) in [4.78, 5) is 4.60. The van der Waals surface area contributed by atoms with E-state index in [2.05, 4.69) is 147 Å². The van der Waals surface area contributed by atoms with Crippen molar-refractivity contribution in [3.8, 4) is 44.5 Å². The number of nitrogens with zero attached hydrogens (tertiary/aromatic N) is 4. The molecule has 0 spiro atoms. The second kappa shape index (κ2) is 12.2. The lowest BCUT2D eigenvalue weighted by Gasteiger charge is -2.21. The molecular weight excluding hydrogens is 533 g/mol. The lowest BCUT2D eigenvalue weighted by Crippen LogP contribution is -2.21. The van der Waals surface area contributed by atoms with Gasteiger partial charge in [0.25, 0.3) is 0 Å². The molecule has 0 aliphatic rings. The molecule has 1 heterocycles. The van der Waals surface area contributed by atoms with Crippen molar-refractivity contribution in [2.24, 2.45) is 0 Å². The number of rotatable bonds is 9. The molecule has 0 fully saturated rings. The molecule has 0 saturated carbocycles. The topological polar surface area (TPSA) is 32.3 Å². The van der Waals surface area contributed by atoms with Crippen molar-refractivity contribution in [2.45, 2.75) is 20.8 Å². The highest BCUT2D eigenvalue weighted by atomic mass is 32.1. The molecule has 0 amide bonds. The monoisotopic (exact) mass is 568 g/mol. The second-order valence-electron chi connectivity index (χ2n) is 10.6. The molecule has 42 heavy (non-hydrogen) atoms. The van der Waals surface area contributed by atoms with Gasteiger partial charge in [0.1, 0.15) is 11.0 Å². The molecule has 4 nitrogen and oxygen atoms in total. The zero-order valence-electron chi connectivity index (χ0n) is 24.7. The Morgan fingerprint density at radius 2 is 0.810 bits per heavy atom. The molecule has 0 aliphatic heterocycles. The van der Waals surface area contributed by atoms with Crippen molar-refractivity contribution in [3.05, 3.63) is 109 Å². The standard InChI is InChI=1S/C37H36N4S/c1-5-40(4)32-20-16-28(17-21-32)26-8-12-30(13-9-26)34-24-25-35(37-36(34)38-42-39-37)31-14-10-27(11-15-31)29-18-22-33(23-19-29)41(6-2)7-3/h8-25H,5-7H2,1-4H3. The summed E-state index contributed by atoms with van der Waals surface area (Å²) >= 11 is 1.28. The Bertz CT molecular complexity index is 1770. The van der Waals surface area contributed by atoms with E-state index in [0.717, 1.165) is 52.9 Å². The Morgan fingerprint density at radius 1 is 0.452 bits per heavy atom. The van der Waals surface area contributed by atoms with E-state index < -0.39 is 0 Å². The van der Waals surface area contributed by atoms with Gasteiger partial charge in [-0.25, -0.2) is 0 Å². The summed E-state index contributed by atoms with van der Waals surface area (Å²) in [5.74, 6) is 0. The maximum Gasteiger partial charge on any atom is 0.113 e. The molecule has 6 aromatic rings. The molecule has 0 aliphatic carbocycles. The van der Waals surface area contributed by atoms with E-state index in [0.29, 0.717) is 0 Å². The van der Waals surface area contributed by atoms with Gasteiger partial charge in [-0.05, 0) is 78.4 Å². The Balaban J connectivity index is 1.24. The Morgan fingerprint density at radius 3 is 1.19 bits per heavy atom. The van der Waals surface area contributed by atoms with Crippen LogP contribution in [0.15, 0.2) is 109 Å². The van der Waals surface area contributed by atoms with Crippen LogP contribution in [0.2, 0.25) is 0 Å². The van der Waals surface area contributed by atoms with Crippen LogP contribution in [0.4, 0.5) is 11.4 Å². The van der Waals surface area contributed by atoms with Crippen LogP contribution >= 0.6 is 11.7 Å². The molecular formula is C37H36N4S. The molecule has 0 saturated heterocycles. The van der Waals surface area contributed by atoms with Crippen LogP contribution in [0.1, 0.15) is 20.8 Å². The van der Waals surface area contributed by atoms with Crippen LogP contribution in [0.5, 0.6) is 0 Å². The van der Waals surface area contributed by atoms with E-state index in [1.54, 1.807) is 0 Å². The zero-order chi connectivity index (χ0) is 29.1. The van der Waals surface area contributed by atoms with Gasteiger partial charge in [-0.3, -0.25) is 0 Å². The summed E-state index contributed by atoms with van der Waals surface area (Å²) < 4.78 is 9.44. The molecule has 1 aromatic heterocycles. The number of fused-ring (bicyclic) bond motifs is 1. The third-order valence-corrected chi connectivity index (χ3v) is 8.78. The Kier molecular flexibility index (Phi) is 8.02. The number of hydrogen-bond donors (Lipinski definition) is 0. The third kappa shape index (κ3) is 5.40. The summed E-state index contributed by atoms with van der Waals surface area (Å²) in [6.07, 6.45) is 0. The summed E-state index contributed by atoms with van der Waals surface area (Å²) in [7, 11) is 2.12. The molecule has 0 radical (unpaired) electrons. The van der Waals surface area contributed by atoms with Crippen LogP contribution in [-0.4, -0.2) is 35.4 Å². The Hall–Kier alpha value is -4.48. The number of hydrogen-bond acceptors (Lipinski definition) is 5. The van der Waals surface area contributed by atoms with E-state index in [-0.39, 0.29) is 0 Å². The summed E-state index contributed by atoms with van der Waals surface area (Å²) in [5.41, 5.74) is 13.8. The van der Waals surface area contributed by atoms with Crippen molar-refractivity contribution < 1.29 is 0 Å². The summed E-state index contributed by atoms with van der Waals surface area (Å²) in [6.45, 7) is 9.57. The van der Waals surface area contributed by atoms with Crippen molar-refractivity contribution in [2.75, 3.05) is 36.5 Å². The molecule has 0 bridgehead atoms. The smallest absolute Gasteiger partial charge is 0.113 e. The summed E-state index contributed by atoms with van der Waals surface area (Å²) in [6, 6.07) is 39.6. The zero-order valence-corrected chi connectivity index (χ0v) is 25.5. The van der Waals surface area contributed by atoms with E-state index in [1.807, 2.05) is 0 Å². The minimum absolute atomic E-state index is 0.952. The lowest BCUT2D eigenvalue weighted by molar-refractivity contribution is 0.866. The molecule has 5 heteroatoms. The quantitative estimate of drug-likeness (QED) is 0.174. The first-order chi connectivity index (χ1) is 20.6. The highest BCUT2D eigenvalue weighted by Gasteiger charge is 2.14. The van der Waals surface area contributed by atoms with Gasteiger partial charge in [0.05, 0.1) is 11.7 Å². The predicted molar refractivity (Wildman–Crippen MR) is 182 cm³/mol. The van der Waals surface area contributed by atoms with Crippen LogP contribution in [0.25, 0.3) is 55.5 Å². The van der Waals surface area contributed by atoms with Crippen molar-refractivity contribution in [1.29, 1.82) is 0 Å². The first-order valence-electron chi connectivity index (χ1n) is 14.7. The predicted octanol–water partition coefficient (Wildman–Crippen LogP) is 9.66. The fourth-order valence-corrected chi connectivity index (χ4v) is 6.14. The largest absolute Gasteiger partial charge is 0.375 e. The molecule has 210 valence electrons.